The second-order valence-electron chi connectivity index (χ2n) is 5.43. The number of rotatable bonds is 8. The number of nitrogens with one attached hydrogen (secondary N) is 1. The molecule has 1 N–H and O–H groups in total. The van der Waals surface area contributed by atoms with Crippen LogP contribution in [0.3, 0.4) is 0 Å². The summed E-state index contributed by atoms with van der Waals surface area (Å²) in [6.45, 7) is 7.78. The highest BCUT2D eigenvalue weighted by atomic mass is 16.5. The maximum Gasteiger partial charge on any atom is 0.174 e. The molecule has 1 aromatic carbocycles. The molecule has 0 spiro atoms. The molecule has 2 rings (SSSR count). The molecule has 0 aliphatic rings. The zero-order valence-corrected chi connectivity index (χ0v) is 13.1. The van der Waals surface area contributed by atoms with Crippen LogP contribution in [0.25, 0.3) is 0 Å². The summed E-state index contributed by atoms with van der Waals surface area (Å²) < 4.78 is 10.8. The number of hydrogen-bond donors (Lipinski definition) is 1. The molecule has 0 bridgehead atoms. The van der Waals surface area contributed by atoms with E-state index < -0.39 is 0 Å². The van der Waals surface area contributed by atoms with E-state index in [1.165, 1.54) is 5.56 Å². The van der Waals surface area contributed by atoms with Crippen molar-refractivity contribution in [1.82, 2.24) is 10.5 Å². The van der Waals surface area contributed by atoms with E-state index in [0.717, 1.165) is 36.6 Å². The Bertz CT molecular complexity index is 534. The highest BCUT2D eigenvalue weighted by Crippen LogP contribution is 2.15. The maximum atomic E-state index is 5.68. The first kappa shape index (κ1) is 15.6. The van der Waals surface area contributed by atoms with E-state index in [4.69, 9.17) is 9.26 Å². The van der Waals surface area contributed by atoms with Crippen LogP contribution in [0.5, 0.6) is 5.75 Å². The fourth-order valence-electron chi connectivity index (χ4n) is 2.18. The maximum absolute atomic E-state index is 5.68. The molecule has 0 radical (unpaired) electrons. The van der Waals surface area contributed by atoms with Crippen molar-refractivity contribution in [3.05, 3.63) is 47.3 Å². The van der Waals surface area contributed by atoms with Crippen molar-refractivity contribution >= 4 is 0 Å². The molecule has 1 heterocycles. The van der Waals surface area contributed by atoms with Gasteiger partial charge in [-0.15, -0.1) is 0 Å². The quantitative estimate of drug-likeness (QED) is 0.807. The molecular formula is C17H24N2O2. The molecule has 0 saturated heterocycles. The lowest BCUT2D eigenvalue weighted by molar-refractivity contribution is 0.248. The SMILES string of the molecule is CCCNC(C)Cc1ccc(OCc2cc(C)no2)cc1. The monoisotopic (exact) mass is 288 g/mol. The predicted molar refractivity (Wildman–Crippen MR) is 83.5 cm³/mol. The van der Waals surface area contributed by atoms with E-state index in [9.17, 15) is 0 Å². The minimum absolute atomic E-state index is 0.411. The Labute approximate surface area is 126 Å². The molecule has 4 nitrogen and oxygen atoms in total. The van der Waals surface area contributed by atoms with Crippen LogP contribution in [0.15, 0.2) is 34.9 Å². The number of nitrogens with zero attached hydrogens (tertiary/aromatic N) is 1. The van der Waals surface area contributed by atoms with Gasteiger partial charge in [-0.05, 0) is 50.9 Å². The van der Waals surface area contributed by atoms with Gasteiger partial charge in [0.1, 0.15) is 12.4 Å². The Morgan fingerprint density at radius 2 is 2.05 bits per heavy atom. The fraction of sp³-hybridized carbons (Fsp3) is 0.471. The lowest BCUT2D eigenvalue weighted by atomic mass is 10.1. The summed E-state index contributed by atoms with van der Waals surface area (Å²) in [6, 6.07) is 10.6. The number of aryl methyl sites for hydroxylation is 1. The highest BCUT2D eigenvalue weighted by molar-refractivity contribution is 5.27. The minimum Gasteiger partial charge on any atom is -0.486 e. The molecule has 0 amide bonds. The van der Waals surface area contributed by atoms with Gasteiger partial charge < -0.3 is 14.6 Å². The Balaban J connectivity index is 1.81. The zero-order chi connectivity index (χ0) is 15.1. The van der Waals surface area contributed by atoms with Crippen molar-refractivity contribution in [2.24, 2.45) is 0 Å². The molecule has 2 aromatic rings. The largest absolute Gasteiger partial charge is 0.486 e. The van der Waals surface area contributed by atoms with Crippen LogP contribution in [-0.2, 0) is 13.0 Å². The van der Waals surface area contributed by atoms with Crippen molar-refractivity contribution in [1.29, 1.82) is 0 Å². The van der Waals surface area contributed by atoms with E-state index in [1.807, 2.05) is 25.1 Å². The standard InChI is InChI=1S/C17H24N2O2/c1-4-9-18-13(2)10-15-5-7-16(8-6-15)20-12-17-11-14(3)19-21-17/h5-8,11,13,18H,4,9-10,12H2,1-3H3. The lowest BCUT2D eigenvalue weighted by Crippen LogP contribution is -2.28. The van der Waals surface area contributed by atoms with E-state index in [-0.39, 0.29) is 0 Å². The molecule has 21 heavy (non-hydrogen) atoms. The molecule has 0 saturated carbocycles. The third kappa shape index (κ3) is 5.23. The summed E-state index contributed by atoms with van der Waals surface area (Å²) in [4.78, 5) is 0. The van der Waals surface area contributed by atoms with Gasteiger partial charge in [0.15, 0.2) is 5.76 Å². The van der Waals surface area contributed by atoms with Gasteiger partial charge in [-0.1, -0.05) is 24.2 Å². The summed E-state index contributed by atoms with van der Waals surface area (Å²) in [5.41, 5.74) is 2.19. The average molecular weight is 288 g/mol. The van der Waals surface area contributed by atoms with Gasteiger partial charge in [0, 0.05) is 12.1 Å². The van der Waals surface area contributed by atoms with Gasteiger partial charge >= 0.3 is 0 Å². The van der Waals surface area contributed by atoms with E-state index >= 15 is 0 Å². The number of benzene rings is 1. The summed E-state index contributed by atoms with van der Waals surface area (Å²) in [5, 5.41) is 7.33. The summed E-state index contributed by atoms with van der Waals surface area (Å²) in [7, 11) is 0. The fourth-order valence-corrected chi connectivity index (χ4v) is 2.18. The summed E-state index contributed by atoms with van der Waals surface area (Å²) in [5.74, 6) is 1.59. The molecule has 4 heteroatoms. The average Bonchev–Trinajstić information content (AvgIpc) is 2.90. The third-order valence-electron chi connectivity index (χ3n) is 3.27. The van der Waals surface area contributed by atoms with Crippen LogP contribution in [-0.4, -0.2) is 17.7 Å². The Hall–Kier alpha value is -1.81. The van der Waals surface area contributed by atoms with Crippen molar-refractivity contribution in [3.63, 3.8) is 0 Å². The molecule has 0 aliphatic carbocycles. The Kier molecular flexibility index (Phi) is 5.81. The molecule has 1 aromatic heterocycles. The molecule has 114 valence electrons. The lowest BCUT2D eigenvalue weighted by Gasteiger charge is -2.13. The first-order valence-electron chi connectivity index (χ1n) is 7.54. The predicted octanol–water partition coefficient (Wildman–Crippen LogP) is 3.49. The van der Waals surface area contributed by atoms with Gasteiger partial charge in [0.2, 0.25) is 0 Å². The Morgan fingerprint density at radius 1 is 1.29 bits per heavy atom. The molecule has 1 atom stereocenters. The Morgan fingerprint density at radius 3 is 2.67 bits per heavy atom. The second-order valence-corrected chi connectivity index (χ2v) is 5.43. The van der Waals surface area contributed by atoms with Gasteiger partial charge in [-0.3, -0.25) is 0 Å². The molecular weight excluding hydrogens is 264 g/mol. The number of hydrogen-bond acceptors (Lipinski definition) is 4. The van der Waals surface area contributed by atoms with E-state index in [1.54, 1.807) is 0 Å². The van der Waals surface area contributed by atoms with E-state index in [2.05, 4.69) is 36.5 Å². The van der Waals surface area contributed by atoms with Crippen LogP contribution < -0.4 is 10.1 Å². The molecule has 1 unspecified atom stereocenters. The number of aromatic nitrogens is 1. The normalized spacial score (nSPS) is 12.3. The van der Waals surface area contributed by atoms with Gasteiger partial charge in [-0.25, -0.2) is 0 Å². The van der Waals surface area contributed by atoms with Crippen LogP contribution in [0.1, 0.15) is 37.3 Å². The van der Waals surface area contributed by atoms with Crippen molar-refractivity contribution in [3.8, 4) is 5.75 Å². The van der Waals surface area contributed by atoms with Crippen molar-refractivity contribution in [2.75, 3.05) is 6.54 Å². The first-order valence-corrected chi connectivity index (χ1v) is 7.54. The van der Waals surface area contributed by atoms with Gasteiger partial charge in [-0.2, -0.15) is 0 Å². The summed E-state index contributed by atoms with van der Waals surface area (Å²) >= 11 is 0. The van der Waals surface area contributed by atoms with Crippen LogP contribution in [0, 0.1) is 6.92 Å². The van der Waals surface area contributed by atoms with Crippen molar-refractivity contribution in [2.45, 2.75) is 46.3 Å². The van der Waals surface area contributed by atoms with Crippen LogP contribution in [0.4, 0.5) is 0 Å². The summed E-state index contributed by atoms with van der Waals surface area (Å²) in [6.07, 6.45) is 2.19. The molecule has 0 aliphatic heterocycles. The zero-order valence-electron chi connectivity index (χ0n) is 13.1. The van der Waals surface area contributed by atoms with Crippen LogP contribution >= 0.6 is 0 Å². The minimum atomic E-state index is 0.411. The highest BCUT2D eigenvalue weighted by Gasteiger charge is 2.04. The molecule has 0 fully saturated rings. The van der Waals surface area contributed by atoms with Gasteiger partial charge in [0.05, 0.1) is 5.69 Å². The first-order chi connectivity index (χ1) is 10.2. The second kappa shape index (κ2) is 7.84. The van der Waals surface area contributed by atoms with Crippen molar-refractivity contribution < 1.29 is 9.26 Å². The smallest absolute Gasteiger partial charge is 0.174 e. The number of ether oxygens (including phenoxy) is 1. The van der Waals surface area contributed by atoms with E-state index in [0.29, 0.717) is 12.6 Å². The third-order valence-corrected chi connectivity index (χ3v) is 3.27. The van der Waals surface area contributed by atoms with Crippen LogP contribution in [0.2, 0.25) is 0 Å². The van der Waals surface area contributed by atoms with Gasteiger partial charge in [0.25, 0.3) is 0 Å². The topological polar surface area (TPSA) is 47.3 Å².